The predicted molar refractivity (Wildman–Crippen MR) is 236 cm³/mol. The fourth-order valence-electron chi connectivity index (χ4n) is 10.3. The van der Waals surface area contributed by atoms with Gasteiger partial charge in [0.25, 0.3) is 0 Å². The zero-order valence-corrected chi connectivity index (χ0v) is 32.4. The molecular formula is C54H39NO2. The van der Waals surface area contributed by atoms with Crippen LogP contribution in [-0.2, 0) is 10.8 Å². The minimum Gasteiger partial charge on any atom is -0.456 e. The highest BCUT2D eigenvalue weighted by Gasteiger charge is 2.38. The van der Waals surface area contributed by atoms with E-state index >= 15 is 0 Å². The number of para-hydroxylation sites is 1. The number of fused-ring (bicyclic) bond motifs is 13. The minimum atomic E-state index is -0.154. The zero-order valence-electron chi connectivity index (χ0n) is 32.4. The van der Waals surface area contributed by atoms with Crippen LogP contribution in [0.25, 0.3) is 77.3 Å². The summed E-state index contributed by atoms with van der Waals surface area (Å²) in [4.78, 5) is 2.47. The molecule has 12 rings (SSSR count). The van der Waals surface area contributed by atoms with E-state index in [2.05, 4.69) is 178 Å². The number of nitrogens with zero attached hydrogens (tertiary/aromatic N) is 1. The van der Waals surface area contributed by atoms with Gasteiger partial charge in [0.1, 0.15) is 22.3 Å². The van der Waals surface area contributed by atoms with Crippen LogP contribution in [0.1, 0.15) is 49.9 Å². The van der Waals surface area contributed by atoms with Gasteiger partial charge >= 0.3 is 0 Å². The van der Waals surface area contributed by atoms with Crippen LogP contribution in [0.5, 0.6) is 0 Å². The molecule has 2 heterocycles. The predicted octanol–water partition coefficient (Wildman–Crippen LogP) is 15.2. The third-order valence-electron chi connectivity index (χ3n) is 13.1. The lowest BCUT2D eigenvalue weighted by atomic mass is 9.82. The molecule has 0 saturated heterocycles. The van der Waals surface area contributed by atoms with Crippen LogP contribution in [0, 0.1) is 0 Å². The van der Waals surface area contributed by atoms with Crippen molar-refractivity contribution < 1.29 is 8.83 Å². The standard InChI is InChI=1S/C54H39NO2/c1-53(2)41-19-11-8-16-35(41)37-24-22-33(30-43(37)53)55(34-23-25-38-36-17-9-12-20-42(36)54(3,4)44(38)31-34)45-27-26-40-51-48(57-52(40)49(45)32-14-6-5-7-15-32)29-28-47-50(51)39-18-10-13-21-46(39)56-47/h5-31H,1-4H3. The molecule has 8 aromatic carbocycles. The van der Waals surface area contributed by atoms with E-state index in [4.69, 9.17) is 8.83 Å². The van der Waals surface area contributed by atoms with E-state index in [1.165, 1.54) is 44.5 Å². The van der Waals surface area contributed by atoms with Crippen molar-refractivity contribution in [2.45, 2.75) is 38.5 Å². The lowest BCUT2D eigenvalue weighted by molar-refractivity contribution is 0.660. The van der Waals surface area contributed by atoms with Crippen molar-refractivity contribution in [3.63, 3.8) is 0 Å². The van der Waals surface area contributed by atoms with Crippen molar-refractivity contribution >= 4 is 60.9 Å². The summed E-state index contributed by atoms with van der Waals surface area (Å²) in [5, 5.41) is 4.33. The van der Waals surface area contributed by atoms with Gasteiger partial charge in [0.15, 0.2) is 0 Å². The van der Waals surface area contributed by atoms with E-state index in [-0.39, 0.29) is 10.8 Å². The summed E-state index contributed by atoms with van der Waals surface area (Å²) >= 11 is 0. The van der Waals surface area contributed by atoms with Gasteiger partial charge < -0.3 is 13.7 Å². The first-order chi connectivity index (χ1) is 27.8. The number of hydrogen-bond donors (Lipinski definition) is 0. The summed E-state index contributed by atoms with van der Waals surface area (Å²) in [7, 11) is 0. The maximum Gasteiger partial charge on any atom is 0.145 e. The van der Waals surface area contributed by atoms with Crippen LogP contribution >= 0.6 is 0 Å². The third kappa shape index (κ3) is 4.37. The van der Waals surface area contributed by atoms with Crippen molar-refractivity contribution in [3.05, 3.63) is 186 Å². The van der Waals surface area contributed by atoms with Gasteiger partial charge in [-0.3, -0.25) is 0 Å². The van der Waals surface area contributed by atoms with Crippen LogP contribution < -0.4 is 4.90 Å². The van der Waals surface area contributed by atoms with E-state index in [0.29, 0.717) is 0 Å². The van der Waals surface area contributed by atoms with Crippen LogP contribution in [0.4, 0.5) is 17.1 Å². The minimum absolute atomic E-state index is 0.154. The molecule has 0 N–H and O–H groups in total. The Kier molecular flexibility index (Phi) is 6.46. The monoisotopic (exact) mass is 733 g/mol. The molecular weight excluding hydrogens is 695 g/mol. The van der Waals surface area contributed by atoms with Gasteiger partial charge in [-0.05, 0) is 105 Å². The maximum absolute atomic E-state index is 7.06. The molecule has 10 aromatic rings. The van der Waals surface area contributed by atoms with Crippen LogP contribution in [-0.4, -0.2) is 0 Å². The lowest BCUT2D eigenvalue weighted by Crippen LogP contribution is -2.18. The fraction of sp³-hybridized carbons (Fsp3) is 0.111. The Hall–Kier alpha value is -6.84. The average molecular weight is 734 g/mol. The lowest BCUT2D eigenvalue weighted by Gasteiger charge is -2.31. The first-order valence-electron chi connectivity index (χ1n) is 19.9. The number of anilines is 3. The molecule has 0 aliphatic heterocycles. The molecule has 0 spiro atoms. The molecule has 272 valence electrons. The van der Waals surface area contributed by atoms with Crippen LogP contribution in [0.2, 0.25) is 0 Å². The van der Waals surface area contributed by atoms with E-state index in [0.717, 1.165) is 72.1 Å². The molecule has 0 saturated carbocycles. The number of hydrogen-bond acceptors (Lipinski definition) is 3. The summed E-state index contributed by atoms with van der Waals surface area (Å²) in [6.07, 6.45) is 0. The molecule has 0 amide bonds. The molecule has 0 bridgehead atoms. The van der Waals surface area contributed by atoms with E-state index in [9.17, 15) is 0 Å². The molecule has 2 aliphatic carbocycles. The summed E-state index contributed by atoms with van der Waals surface area (Å²) in [5.74, 6) is 0. The zero-order chi connectivity index (χ0) is 38.2. The Labute approximate surface area is 331 Å². The van der Waals surface area contributed by atoms with Gasteiger partial charge in [0, 0.05) is 49.3 Å². The first-order valence-corrected chi connectivity index (χ1v) is 19.9. The topological polar surface area (TPSA) is 29.5 Å². The molecule has 3 nitrogen and oxygen atoms in total. The van der Waals surface area contributed by atoms with Crippen molar-refractivity contribution in [2.24, 2.45) is 0 Å². The molecule has 0 unspecified atom stereocenters. The number of furan rings is 2. The second kappa shape index (κ2) is 11.4. The normalized spacial score (nSPS) is 14.6. The van der Waals surface area contributed by atoms with Crippen molar-refractivity contribution in [1.82, 2.24) is 0 Å². The summed E-state index contributed by atoms with van der Waals surface area (Å²) in [6, 6.07) is 59.6. The average Bonchev–Trinajstić information content (AvgIpc) is 3.94. The Morgan fingerprint density at radius 2 is 0.930 bits per heavy atom. The SMILES string of the molecule is CC1(C)c2ccccc2-c2ccc(N(c3ccc4c(c3)C(C)(C)c3ccccc3-4)c3ccc4c(oc5ccc6oc7ccccc7c6c54)c3-c3ccccc3)cc21. The summed E-state index contributed by atoms with van der Waals surface area (Å²) < 4.78 is 13.4. The van der Waals surface area contributed by atoms with Gasteiger partial charge in [-0.1, -0.05) is 137 Å². The van der Waals surface area contributed by atoms with Gasteiger partial charge in [0.05, 0.1) is 5.69 Å². The van der Waals surface area contributed by atoms with Crippen molar-refractivity contribution in [1.29, 1.82) is 0 Å². The molecule has 0 fully saturated rings. The molecule has 2 aromatic heterocycles. The smallest absolute Gasteiger partial charge is 0.145 e. The highest BCUT2D eigenvalue weighted by Crippen LogP contribution is 2.55. The van der Waals surface area contributed by atoms with Crippen molar-refractivity contribution in [3.8, 4) is 33.4 Å². The summed E-state index contributed by atoms with van der Waals surface area (Å²) in [6.45, 7) is 9.43. The first kappa shape index (κ1) is 32.4. The van der Waals surface area contributed by atoms with Crippen LogP contribution in [0.15, 0.2) is 173 Å². The molecule has 0 atom stereocenters. The third-order valence-corrected chi connectivity index (χ3v) is 13.1. The van der Waals surface area contributed by atoms with E-state index < -0.39 is 0 Å². The van der Waals surface area contributed by atoms with E-state index in [1.807, 2.05) is 18.2 Å². The van der Waals surface area contributed by atoms with Crippen LogP contribution in [0.3, 0.4) is 0 Å². The van der Waals surface area contributed by atoms with E-state index in [1.54, 1.807) is 0 Å². The fourth-order valence-corrected chi connectivity index (χ4v) is 10.3. The van der Waals surface area contributed by atoms with Crippen molar-refractivity contribution in [2.75, 3.05) is 4.90 Å². The maximum atomic E-state index is 7.06. The largest absolute Gasteiger partial charge is 0.456 e. The Balaban J connectivity index is 1.16. The Bertz CT molecular complexity index is 3200. The van der Waals surface area contributed by atoms with Gasteiger partial charge in [0.2, 0.25) is 0 Å². The Morgan fingerprint density at radius 3 is 1.58 bits per heavy atom. The van der Waals surface area contributed by atoms with Gasteiger partial charge in [-0.2, -0.15) is 0 Å². The second-order valence-corrected chi connectivity index (χ2v) is 16.9. The molecule has 0 radical (unpaired) electrons. The van der Waals surface area contributed by atoms with Gasteiger partial charge in [-0.25, -0.2) is 0 Å². The second-order valence-electron chi connectivity index (χ2n) is 16.9. The number of rotatable bonds is 4. The van der Waals surface area contributed by atoms with Gasteiger partial charge in [-0.15, -0.1) is 0 Å². The molecule has 3 heteroatoms. The quantitative estimate of drug-likeness (QED) is 0.180. The highest BCUT2D eigenvalue weighted by atomic mass is 16.3. The molecule has 2 aliphatic rings. The molecule has 57 heavy (non-hydrogen) atoms. The Morgan fingerprint density at radius 1 is 0.404 bits per heavy atom. The number of benzene rings is 8. The summed E-state index contributed by atoms with van der Waals surface area (Å²) in [5.41, 5.74) is 19.2. The highest BCUT2D eigenvalue weighted by molar-refractivity contribution is 6.27.